The van der Waals surface area contributed by atoms with Gasteiger partial charge in [-0.1, -0.05) is 13.8 Å². The zero-order chi connectivity index (χ0) is 9.42. The van der Waals surface area contributed by atoms with E-state index in [1.54, 1.807) is 0 Å². The summed E-state index contributed by atoms with van der Waals surface area (Å²) in [5.74, 6) is 3.04. The molecule has 1 nitrogen and oxygen atoms in total. The van der Waals surface area contributed by atoms with Gasteiger partial charge in [-0.2, -0.15) is 0 Å². The van der Waals surface area contributed by atoms with E-state index in [9.17, 15) is 4.79 Å². The normalized spacial score (nSPS) is 40.3. The van der Waals surface area contributed by atoms with Gasteiger partial charge in [0.05, 0.1) is 0 Å². The lowest BCUT2D eigenvalue weighted by molar-refractivity contribution is -0.126. The fourth-order valence-corrected chi connectivity index (χ4v) is 2.88. The lowest BCUT2D eigenvalue weighted by Crippen LogP contribution is -2.26. The van der Waals surface area contributed by atoms with Gasteiger partial charge in [0, 0.05) is 11.8 Å². The van der Waals surface area contributed by atoms with Crippen LogP contribution in [0.1, 0.15) is 46.0 Å². The number of ketones is 1. The van der Waals surface area contributed by atoms with Crippen molar-refractivity contribution in [2.75, 3.05) is 0 Å². The Morgan fingerprint density at radius 2 is 1.46 bits per heavy atom. The first-order valence-corrected chi connectivity index (χ1v) is 5.70. The predicted octanol–water partition coefficient (Wildman–Crippen LogP) is 3.04. The van der Waals surface area contributed by atoms with Crippen molar-refractivity contribution in [2.45, 2.75) is 46.0 Å². The maximum Gasteiger partial charge on any atom is 0.139 e. The molecule has 2 aliphatic carbocycles. The van der Waals surface area contributed by atoms with Gasteiger partial charge in [0.2, 0.25) is 0 Å². The van der Waals surface area contributed by atoms with Crippen LogP contribution in [0.3, 0.4) is 0 Å². The molecule has 2 aliphatic rings. The number of carbonyl (C=O) groups is 1. The first-order chi connectivity index (χ1) is 6.16. The van der Waals surface area contributed by atoms with Crippen LogP contribution in [0.5, 0.6) is 0 Å². The molecule has 0 aromatic heterocycles. The smallest absolute Gasteiger partial charge is 0.139 e. The highest BCUT2D eigenvalue weighted by molar-refractivity contribution is 5.85. The van der Waals surface area contributed by atoms with Gasteiger partial charge in [-0.05, 0) is 43.9 Å². The van der Waals surface area contributed by atoms with Crippen molar-refractivity contribution in [3.8, 4) is 0 Å². The van der Waals surface area contributed by atoms with E-state index in [1.807, 2.05) is 0 Å². The van der Waals surface area contributed by atoms with Gasteiger partial charge in [0.15, 0.2) is 0 Å². The fourth-order valence-electron chi connectivity index (χ4n) is 2.88. The minimum absolute atomic E-state index is 0.422. The lowest BCUT2D eigenvalue weighted by Gasteiger charge is -2.30. The third kappa shape index (κ3) is 2.12. The summed E-state index contributed by atoms with van der Waals surface area (Å²) in [5.41, 5.74) is 0. The first kappa shape index (κ1) is 9.23. The van der Waals surface area contributed by atoms with Crippen molar-refractivity contribution in [1.29, 1.82) is 0 Å². The van der Waals surface area contributed by atoms with Crippen LogP contribution in [-0.2, 0) is 4.79 Å². The Morgan fingerprint density at radius 3 is 1.92 bits per heavy atom. The van der Waals surface area contributed by atoms with E-state index in [0.29, 0.717) is 17.6 Å². The second-order valence-electron chi connectivity index (χ2n) is 5.29. The maximum atomic E-state index is 11.9. The van der Waals surface area contributed by atoms with Gasteiger partial charge in [-0.15, -0.1) is 0 Å². The molecule has 0 N–H and O–H groups in total. The molecule has 0 radical (unpaired) electrons. The van der Waals surface area contributed by atoms with E-state index >= 15 is 0 Å². The summed E-state index contributed by atoms with van der Waals surface area (Å²) in [7, 11) is 0. The Kier molecular flexibility index (Phi) is 2.44. The highest BCUT2D eigenvalue weighted by Gasteiger charge is 2.37. The summed E-state index contributed by atoms with van der Waals surface area (Å²) in [6.07, 6.45) is 6.02. The van der Waals surface area contributed by atoms with Crippen molar-refractivity contribution in [3.63, 3.8) is 0 Å². The van der Waals surface area contributed by atoms with Crippen LogP contribution >= 0.6 is 0 Å². The van der Waals surface area contributed by atoms with Crippen molar-refractivity contribution in [2.24, 2.45) is 23.7 Å². The van der Waals surface area contributed by atoms with Crippen LogP contribution < -0.4 is 0 Å². The molecular weight excluding hydrogens is 160 g/mol. The van der Waals surface area contributed by atoms with Crippen LogP contribution in [0.2, 0.25) is 0 Å². The molecule has 74 valence electrons. The third-order valence-corrected chi connectivity index (χ3v) is 3.56. The Balaban J connectivity index is 1.93. The maximum absolute atomic E-state index is 11.9. The van der Waals surface area contributed by atoms with Crippen LogP contribution in [0.15, 0.2) is 0 Å². The van der Waals surface area contributed by atoms with Gasteiger partial charge in [-0.3, -0.25) is 4.79 Å². The quantitative estimate of drug-likeness (QED) is 0.638. The molecule has 2 fully saturated rings. The Labute approximate surface area is 80.9 Å². The molecule has 2 unspecified atom stereocenters. The zero-order valence-electron chi connectivity index (χ0n) is 8.75. The van der Waals surface area contributed by atoms with E-state index in [1.165, 1.54) is 32.1 Å². The molecule has 2 rings (SSSR count). The summed E-state index contributed by atoms with van der Waals surface area (Å²) in [5, 5.41) is 0. The second kappa shape index (κ2) is 3.43. The van der Waals surface area contributed by atoms with Gasteiger partial charge < -0.3 is 0 Å². The predicted molar refractivity (Wildman–Crippen MR) is 53.4 cm³/mol. The van der Waals surface area contributed by atoms with E-state index in [4.69, 9.17) is 0 Å². The van der Waals surface area contributed by atoms with Crippen molar-refractivity contribution in [3.05, 3.63) is 0 Å². The Morgan fingerprint density at radius 1 is 0.923 bits per heavy atom. The lowest BCUT2D eigenvalue weighted by atomic mass is 9.74. The number of hydrogen-bond acceptors (Lipinski definition) is 1. The molecule has 2 saturated carbocycles. The topological polar surface area (TPSA) is 17.1 Å². The summed E-state index contributed by atoms with van der Waals surface area (Å²) >= 11 is 0. The largest absolute Gasteiger partial charge is 0.299 e. The minimum atomic E-state index is 0.422. The highest BCUT2D eigenvalue weighted by atomic mass is 16.1. The average Bonchev–Trinajstić information content (AvgIpc) is 2.83. The van der Waals surface area contributed by atoms with Crippen LogP contribution in [-0.4, -0.2) is 5.78 Å². The molecule has 0 amide bonds. The number of hydrogen-bond donors (Lipinski definition) is 0. The van der Waals surface area contributed by atoms with Gasteiger partial charge >= 0.3 is 0 Å². The minimum Gasteiger partial charge on any atom is -0.299 e. The SMILES string of the molecule is CC1CC(C)CC(C(=O)C2CC2)C1. The molecule has 0 spiro atoms. The number of Topliss-reactive ketones (excluding diaryl/α,β-unsaturated/α-hetero) is 1. The van der Waals surface area contributed by atoms with Crippen LogP contribution in [0.4, 0.5) is 0 Å². The molecule has 0 aliphatic heterocycles. The van der Waals surface area contributed by atoms with E-state index in [0.717, 1.165) is 11.8 Å². The first-order valence-electron chi connectivity index (χ1n) is 5.70. The molecule has 13 heavy (non-hydrogen) atoms. The van der Waals surface area contributed by atoms with Gasteiger partial charge in [0.25, 0.3) is 0 Å². The molecule has 1 heteroatoms. The Hall–Kier alpha value is -0.330. The van der Waals surface area contributed by atoms with Crippen molar-refractivity contribution >= 4 is 5.78 Å². The number of rotatable bonds is 2. The van der Waals surface area contributed by atoms with Crippen molar-refractivity contribution in [1.82, 2.24) is 0 Å². The van der Waals surface area contributed by atoms with Gasteiger partial charge in [0.1, 0.15) is 5.78 Å². The third-order valence-electron chi connectivity index (χ3n) is 3.56. The fraction of sp³-hybridized carbons (Fsp3) is 0.917. The average molecular weight is 180 g/mol. The molecule has 0 aromatic carbocycles. The number of carbonyl (C=O) groups excluding carboxylic acids is 1. The summed E-state index contributed by atoms with van der Waals surface area (Å²) < 4.78 is 0. The highest BCUT2D eigenvalue weighted by Crippen LogP contribution is 2.40. The monoisotopic (exact) mass is 180 g/mol. The van der Waals surface area contributed by atoms with Crippen molar-refractivity contribution < 1.29 is 4.79 Å². The molecular formula is C12H20O. The van der Waals surface area contributed by atoms with Crippen LogP contribution in [0, 0.1) is 23.7 Å². The summed E-state index contributed by atoms with van der Waals surface area (Å²) in [4.78, 5) is 11.9. The second-order valence-corrected chi connectivity index (χ2v) is 5.29. The molecule has 0 bridgehead atoms. The standard InChI is InChI=1S/C12H20O/c1-8-5-9(2)7-11(6-8)12(13)10-3-4-10/h8-11H,3-7H2,1-2H3. The van der Waals surface area contributed by atoms with E-state index in [-0.39, 0.29) is 0 Å². The van der Waals surface area contributed by atoms with E-state index < -0.39 is 0 Å². The summed E-state index contributed by atoms with van der Waals surface area (Å²) in [6, 6.07) is 0. The molecule has 0 saturated heterocycles. The molecule has 0 aromatic rings. The van der Waals surface area contributed by atoms with E-state index in [2.05, 4.69) is 13.8 Å². The molecule has 0 heterocycles. The molecule has 2 atom stereocenters. The summed E-state index contributed by atoms with van der Waals surface area (Å²) in [6.45, 7) is 4.59. The zero-order valence-corrected chi connectivity index (χ0v) is 8.75. The van der Waals surface area contributed by atoms with Gasteiger partial charge in [-0.25, -0.2) is 0 Å². The Bertz CT molecular complexity index is 195. The van der Waals surface area contributed by atoms with Crippen LogP contribution in [0.25, 0.3) is 0 Å².